The third-order valence-electron chi connectivity index (χ3n) is 5.03. The molecule has 0 spiro atoms. The van der Waals surface area contributed by atoms with Crippen molar-refractivity contribution in [3.8, 4) is 11.4 Å². The summed E-state index contributed by atoms with van der Waals surface area (Å²) in [6.45, 7) is 4.79. The third-order valence-corrected chi connectivity index (χ3v) is 5.03. The van der Waals surface area contributed by atoms with Gasteiger partial charge in [-0.15, -0.1) is 5.10 Å². The fraction of sp³-hybridized carbons (Fsp3) is 0.273. The summed E-state index contributed by atoms with van der Waals surface area (Å²) in [5.74, 6) is 1.65. The van der Waals surface area contributed by atoms with E-state index in [1.165, 1.54) is 17.2 Å². The van der Waals surface area contributed by atoms with Crippen LogP contribution in [0.4, 0.5) is 0 Å². The van der Waals surface area contributed by atoms with Crippen LogP contribution in [-0.4, -0.2) is 31.8 Å². The molecule has 0 atom stereocenters. The highest BCUT2D eigenvalue weighted by Gasteiger charge is 2.09. The number of pyridine rings is 1. The minimum absolute atomic E-state index is 0.102. The van der Waals surface area contributed by atoms with Crippen LogP contribution in [-0.2, 0) is 6.42 Å². The van der Waals surface area contributed by atoms with Crippen molar-refractivity contribution in [3.63, 3.8) is 0 Å². The zero-order chi connectivity index (χ0) is 20.2. The zero-order valence-electron chi connectivity index (χ0n) is 16.6. The van der Waals surface area contributed by atoms with Gasteiger partial charge in [-0.1, -0.05) is 6.07 Å². The molecule has 4 aromatic rings. The van der Waals surface area contributed by atoms with E-state index >= 15 is 0 Å². The van der Waals surface area contributed by atoms with Crippen LogP contribution in [0.25, 0.3) is 16.6 Å². The van der Waals surface area contributed by atoms with Crippen LogP contribution in [0.3, 0.4) is 0 Å². The summed E-state index contributed by atoms with van der Waals surface area (Å²) in [7, 11) is 0. The number of hydrogen-bond donors (Lipinski definition) is 1. The number of nitrogens with zero attached hydrogens (tertiary/aromatic N) is 4. The number of H-pyrrole nitrogens is 1. The molecule has 2 heterocycles. The Balaban J connectivity index is 1.31. The highest BCUT2D eigenvalue weighted by Crippen LogP contribution is 2.19. The molecule has 4 rings (SSSR count). The minimum atomic E-state index is -0.102. The lowest BCUT2D eigenvalue weighted by atomic mass is 10.1. The summed E-state index contributed by atoms with van der Waals surface area (Å²) in [6, 6.07) is 15.2. The number of rotatable bonds is 7. The van der Waals surface area contributed by atoms with Gasteiger partial charge in [0.2, 0.25) is 5.56 Å². The number of aromatic nitrogens is 5. The average molecular weight is 389 g/mol. The largest absolute Gasteiger partial charge is 0.494 e. The van der Waals surface area contributed by atoms with Crippen molar-refractivity contribution in [1.29, 1.82) is 0 Å². The summed E-state index contributed by atoms with van der Waals surface area (Å²) in [5.41, 5.74) is 4.16. The first-order chi connectivity index (χ1) is 14.1. The predicted molar refractivity (Wildman–Crippen MR) is 112 cm³/mol. The Labute approximate surface area is 168 Å². The number of aromatic amines is 1. The number of benzene rings is 2. The molecule has 0 aliphatic rings. The second-order valence-corrected chi connectivity index (χ2v) is 7.15. The Morgan fingerprint density at radius 3 is 2.76 bits per heavy atom. The number of fused-ring (bicyclic) bond motifs is 1. The molecule has 7 heteroatoms. The summed E-state index contributed by atoms with van der Waals surface area (Å²) in [5, 5.41) is 13.1. The van der Waals surface area contributed by atoms with Crippen LogP contribution in [0.15, 0.2) is 53.3 Å². The van der Waals surface area contributed by atoms with Gasteiger partial charge in [-0.25, -0.2) is 0 Å². The first-order valence-electron chi connectivity index (χ1n) is 9.71. The lowest BCUT2D eigenvalue weighted by Gasteiger charge is -2.08. The molecule has 148 valence electrons. The lowest BCUT2D eigenvalue weighted by molar-refractivity contribution is 0.307. The van der Waals surface area contributed by atoms with Crippen LogP contribution in [0.5, 0.6) is 5.75 Å². The van der Waals surface area contributed by atoms with E-state index in [0.717, 1.165) is 47.4 Å². The van der Waals surface area contributed by atoms with E-state index in [2.05, 4.69) is 46.5 Å². The molecule has 0 radical (unpaired) electrons. The van der Waals surface area contributed by atoms with Crippen LogP contribution < -0.4 is 10.3 Å². The quantitative estimate of drug-likeness (QED) is 0.489. The Morgan fingerprint density at radius 1 is 1.00 bits per heavy atom. The van der Waals surface area contributed by atoms with Gasteiger partial charge >= 0.3 is 0 Å². The molecule has 0 aliphatic heterocycles. The Morgan fingerprint density at radius 2 is 1.90 bits per heavy atom. The third kappa shape index (κ3) is 4.34. The van der Waals surface area contributed by atoms with Gasteiger partial charge in [0, 0.05) is 23.4 Å². The van der Waals surface area contributed by atoms with Crippen molar-refractivity contribution in [2.45, 2.75) is 33.1 Å². The molecule has 0 bridgehead atoms. The van der Waals surface area contributed by atoms with Crippen molar-refractivity contribution in [3.05, 3.63) is 75.8 Å². The first-order valence-corrected chi connectivity index (χ1v) is 9.71. The molecule has 0 unspecified atom stereocenters. The topological polar surface area (TPSA) is 85.7 Å². The minimum Gasteiger partial charge on any atom is -0.494 e. The van der Waals surface area contributed by atoms with Crippen molar-refractivity contribution >= 4 is 10.9 Å². The Bertz CT molecular complexity index is 1200. The first kappa shape index (κ1) is 18.9. The van der Waals surface area contributed by atoms with Gasteiger partial charge in [0.05, 0.1) is 12.3 Å². The lowest BCUT2D eigenvalue weighted by Crippen LogP contribution is -2.05. The van der Waals surface area contributed by atoms with Gasteiger partial charge < -0.3 is 9.72 Å². The maximum atomic E-state index is 11.4. The van der Waals surface area contributed by atoms with Crippen molar-refractivity contribution in [1.82, 2.24) is 25.2 Å². The second kappa shape index (κ2) is 8.26. The monoisotopic (exact) mass is 389 g/mol. The number of tetrazole rings is 1. The van der Waals surface area contributed by atoms with Gasteiger partial charge in [-0.2, -0.15) is 4.68 Å². The molecule has 0 fully saturated rings. The molecule has 1 N–H and O–H groups in total. The van der Waals surface area contributed by atoms with Crippen molar-refractivity contribution < 1.29 is 4.74 Å². The molecule has 29 heavy (non-hydrogen) atoms. The number of ether oxygens (including phenoxy) is 1. The van der Waals surface area contributed by atoms with E-state index in [-0.39, 0.29) is 5.56 Å². The van der Waals surface area contributed by atoms with Crippen LogP contribution in [0.1, 0.15) is 29.8 Å². The smallest absolute Gasteiger partial charge is 0.248 e. The fourth-order valence-corrected chi connectivity index (χ4v) is 3.22. The molecule has 0 aliphatic carbocycles. The fourth-order valence-electron chi connectivity index (χ4n) is 3.22. The highest BCUT2D eigenvalue weighted by molar-refractivity contribution is 5.79. The second-order valence-electron chi connectivity index (χ2n) is 7.15. The number of hydrogen-bond acceptors (Lipinski definition) is 5. The Kier molecular flexibility index (Phi) is 5.37. The van der Waals surface area contributed by atoms with Crippen molar-refractivity contribution in [2.24, 2.45) is 0 Å². The van der Waals surface area contributed by atoms with E-state index in [1.807, 2.05) is 24.3 Å². The predicted octanol–water partition coefficient (Wildman–Crippen LogP) is 3.52. The molecule has 0 saturated heterocycles. The van der Waals surface area contributed by atoms with E-state index in [4.69, 9.17) is 4.74 Å². The standard InChI is InChI=1S/C22H23N5O2/c1-15-6-8-18(13-16(15)2)27-21(24-25-26-27)5-3-4-12-29-19-9-10-20-17(14-19)7-11-22(28)23-20/h6-11,13-14H,3-5,12H2,1-2H3,(H,23,28). The van der Waals surface area contributed by atoms with Crippen LogP contribution >= 0.6 is 0 Å². The maximum Gasteiger partial charge on any atom is 0.248 e. The SMILES string of the molecule is Cc1ccc(-n2nnnc2CCCCOc2ccc3[nH]c(=O)ccc3c2)cc1C. The van der Waals surface area contributed by atoms with Crippen molar-refractivity contribution in [2.75, 3.05) is 6.61 Å². The molecule has 7 nitrogen and oxygen atoms in total. The highest BCUT2D eigenvalue weighted by atomic mass is 16.5. The van der Waals surface area contributed by atoms with Crippen LogP contribution in [0, 0.1) is 13.8 Å². The van der Waals surface area contributed by atoms with Crippen LogP contribution in [0.2, 0.25) is 0 Å². The maximum absolute atomic E-state index is 11.4. The van der Waals surface area contributed by atoms with E-state index < -0.39 is 0 Å². The van der Waals surface area contributed by atoms with Gasteiger partial charge in [-0.3, -0.25) is 4.79 Å². The average Bonchev–Trinajstić information content (AvgIpc) is 3.18. The molecular formula is C22H23N5O2. The van der Waals surface area contributed by atoms with E-state index in [0.29, 0.717) is 6.61 Å². The molecule has 0 amide bonds. The summed E-state index contributed by atoms with van der Waals surface area (Å²) in [6.07, 6.45) is 2.60. The summed E-state index contributed by atoms with van der Waals surface area (Å²) >= 11 is 0. The van der Waals surface area contributed by atoms with Gasteiger partial charge in [0.25, 0.3) is 0 Å². The molecule has 2 aromatic heterocycles. The summed E-state index contributed by atoms with van der Waals surface area (Å²) in [4.78, 5) is 14.2. The normalized spacial score (nSPS) is 11.1. The molecule has 2 aromatic carbocycles. The number of unbranched alkanes of at least 4 members (excludes halogenated alkanes) is 1. The van der Waals surface area contributed by atoms with E-state index in [1.54, 1.807) is 10.7 Å². The van der Waals surface area contributed by atoms with Gasteiger partial charge in [0.1, 0.15) is 5.75 Å². The van der Waals surface area contributed by atoms with Gasteiger partial charge in [0.15, 0.2) is 5.82 Å². The zero-order valence-corrected chi connectivity index (χ0v) is 16.6. The summed E-state index contributed by atoms with van der Waals surface area (Å²) < 4.78 is 7.66. The molecule has 0 saturated carbocycles. The number of aryl methyl sites for hydroxylation is 3. The molecular weight excluding hydrogens is 366 g/mol. The van der Waals surface area contributed by atoms with E-state index in [9.17, 15) is 4.79 Å². The number of nitrogens with one attached hydrogen (secondary N) is 1. The van der Waals surface area contributed by atoms with Gasteiger partial charge in [-0.05, 0) is 84.6 Å². The Hall–Kier alpha value is -3.48.